The molecule has 2 aliphatic carbocycles. The highest BCUT2D eigenvalue weighted by atomic mass is 32.2. The van der Waals surface area contributed by atoms with Crippen LogP contribution in [0.4, 0.5) is 22.7 Å². The van der Waals surface area contributed by atoms with Crippen LogP contribution in [0.2, 0.25) is 0 Å². The van der Waals surface area contributed by atoms with Gasteiger partial charge >= 0.3 is 0 Å². The lowest BCUT2D eigenvalue weighted by Crippen LogP contribution is -2.18. The predicted octanol–water partition coefficient (Wildman–Crippen LogP) is 12.6. The summed E-state index contributed by atoms with van der Waals surface area (Å²) in [4.78, 5) is 27.2. The molecule has 4 N–H and O–H groups in total. The van der Waals surface area contributed by atoms with Crippen LogP contribution < -0.4 is 29.6 Å². The highest BCUT2D eigenvalue weighted by Gasteiger charge is 2.28. The van der Waals surface area contributed by atoms with Crippen LogP contribution in [0.25, 0.3) is 33.9 Å². The van der Waals surface area contributed by atoms with Crippen molar-refractivity contribution in [1.29, 1.82) is 0 Å². The lowest BCUT2D eigenvalue weighted by molar-refractivity contribution is 0.101. The lowest BCUT2D eigenvalue weighted by Gasteiger charge is -2.24. The summed E-state index contributed by atoms with van der Waals surface area (Å²) in [7, 11) is -4.33. The molecule has 89 heavy (non-hydrogen) atoms. The Labute approximate surface area is 522 Å². The summed E-state index contributed by atoms with van der Waals surface area (Å²) in [6.45, 7) is 20.2. The van der Waals surface area contributed by atoms with E-state index in [1.165, 1.54) is 52.7 Å². The largest absolute Gasteiger partial charge is 0.492 e. The van der Waals surface area contributed by atoms with Crippen molar-refractivity contribution in [3.63, 3.8) is 0 Å². The van der Waals surface area contributed by atoms with Crippen LogP contribution >= 0.6 is 0 Å². The normalized spacial score (nSPS) is 14.4. The van der Waals surface area contributed by atoms with Gasteiger partial charge in [0.1, 0.15) is 11.4 Å². The zero-order valence-corrected chi connectivity index (χ0v) is 55.2. The van der Waals surface area contributed by atoms with Gasteiger partial charge in [-0.2, -0.15) is 10.2 Å². The maximum Gasteiger partial charge on any atom is 0.255 e. The van der Waals surface area contributed by atoms with E-state index in [9.17, 15) is 26.4 Å². The number of sulfonamides is 2. The van der Waals surface area contributed by atoms with Gasteiger partial charge in [0.15, 0.2) is 11.5 Å². The van der Waals surface area contributed by atoms with E-state index in [1.807, 2.05) is 98.4 Å². The molecule has 2 saturated carbocycles. The molecule has 0 aliphatic heterocycles. The molecule has 8 aromatic rings. The van der Waals surface area contributed by atoms with E-state index in [4.69, 9.17) is 19.7 Å². The van der Waals surface area contributed by atoms with Crippen molar-refractivity contribution in [3.8, 4) is 45.4 Å². The van der Waals surface area contributed by atoms with Crippen LogP contribution in [0.1, 0.15) is 179 Å². The molecular formula is C65H84N14O8S2. The smallest absolute Gasteiger partial charge is 0.255 e. The Balaban J connectivity index is 0.000000211. The van der Waals surface area contributed by atoms with Crippen LogP contribution in [0.5, 0.6) is 11.5 Å². The van der Waals surface area contributed by atoms with Crippen LogP contribution in [-0.2, 0) is 37.3 Å². The number of aromatic nitrogens is 10. The summed E-state index contributed by atoms with van der Waals surface area (Å²) in [5, 5.41) is 33.1. The molecule has 0 radical (unpaired) electrons. The van der Waals surface area contributed by atoms with Gasteiger partial charge in [-0.3, -0.25) is 28.4 Å². The Bertz CT molecular complexity index is 4140. The van der Waals surface area contributed by atoms with Crippen molar-refractivity contribution >= 4 is 54.6 Å². The van der Waals surface area contributed by atoms with Crippen molar-refractivity contribution in [2.45, 2.75) is 163 Å². The average molecular weight is 1250 g/mol. The molecule has 10 rings (SSSR count). The second kappa shape index (κ2) is 26.4. The molecule has 24 heteroatoms. The second-order valence-electron chi connectivity index (χ2n) is 25.4. The molecule has 0 saturated heterocycles. The topological polar surface area (TPSA) is 266 Å². The highest BCUT2D eigenvalue weighted by molar-refractivity contribution is 7.92. The number of rotatable bonds is 17. The number of carbonyl (C=O) groups is 2. The van der Waals surface area contributed by atoms with E-state index in [0.717, 1.165) is 95.1 Å². The first-order valence-corrected chi connectivity index (χ1v) is 34.0. The Morgan fingerprint density at radius 2 is 0.955 bits per heavy atom. The number of hydrogen-bond donors (Lipinski definition) is 4. The Morgan fingerprint density at radius 3 is 1.36 bits per heavy atom. The van der Waals surface area contributed by atoms with Gasteiger partial charge in [-0.15, -0.1) is 10.2 Å². The average Bonchev–Trinajstić information content (AvgIpc) is 3.27. The summed E-state index contributed by atoms with van der Waals surface area (Å²) >= 11 is 0. The predicted molar refractivity (Wildman–Crippen MR) is 349 cm³/mol. The van der Waals surface area contributed by atoms with Crippen molar-refractivity contribution < 1.29 is 35.9 Å². The van der Waals surface area contributed by atoms with Crippen LogP contribution in [0.3, 0.4) is 0 Å². The Kier molecular flexibility index (Phi) is 19.3. The minimum absolute atomic E-state index is 0.217. The Hall–Kier alpha value is -8.38. The van der Waals surface area contributed by atoms with E-state index in [2.05, 4.69) is 63.9 Å². The Morgan fingerprint density at radius 1 is 0.562 bits per heavy atom. The maximum atomic E-state index is 13.6. The standard InChI is InChI=1S/C33H43N7O4S.C32H41N7O4S/c1-8-29-25(19-34-40(29)24-12-10-9-11-13-24)28-20-39(38-36-28)30-16-22(15-14-21(30)2)32(41)35-26-17-23(33(3,4)5)18-27(31(26)44-6)37-45(7,42)43;1-20-13-14-22(31(40)34-26-16-23(32(3,4)5)17-27(30(26)43-6)36-44(7,41)42)15-29(20)38-19-28(35-37-38)25-18-33-39(21(25)2)24-11-9-8-10-12-24/h14-20,24,37H,8-13H2,1-7H3,(H,35,41);13-19,24,36H,8-12H2,1-7H3,(H,34,40). The molecule has 0 unspecified atom stereocenters. The molecule has 22 nitrogen and oxygen atoms in total. The first-order chi connectivity index (χ1) is 42.0. The SMILES string of the molecule is CCc1c(-c2cn(-c3cc(C(=O)Nc4cc(C(C)(C)C)cc(NS(C)(=O)=O)c4OC)ccc3C)nn2)cnn1C1CCCCC1.COc1c(NC(=O)c2ccc(C)c(-n3cc(-c4cnn(C5CCCCC5)c4C)nn3)c2)cc(C(C)(C)C)cc1NS(C)(=O)=O. The van der Waals surface area contributed by atoms with Crippen LogP contribution in [0.15, 0.2) is 85.5 Å². The summed E-state index contributed by atoms with van der Waals surface area (Å²) in [5.41, 5.74) is 11.9. The zero-order chi connectivity index (χ0) is 64.3. The highest BCUT2D eigenvalue weighted by Crippen LogP contribution is 2.42. The molecule has 4 aromatic carbocycles. The van der Waals surface area contributed by atoms with E-state index in [1.54, 1.807) is 51.8 Å². The fourth-order valence-electron chi connectivity index (χ4n) is 11.7. The molecule has 2 amide bonds. The first kappa shape index (κ1) is 65.1. The monoisotopic (exact) mass is 1250 g/mol. The summed E-state index contributed by atoms with van der Waals surface area (Å²) in [6, 6.07) is 18.6. The number of anilines is 4. The van der Waals surface area contributed by atoms with E-state index < -0.39 is 20.0 Å². The molecule has 2 fully saturated rings. The molecule has 474 valence electrons. The fourth-order valence-corrected chi connectivity index (χ4v) is 12.8. The third kappa shape index (κ3) is 15.2. The minimum atomic E-state index is -3.60. The van der Waals surface area contributed by atoms with Crippen molar-refractivity contribution in [1.82, 2.24) is 49.5 Å². The van der Waals surface area contributed by atoms with Gasteiger partial charge in [0, 0.05) is 33.6 Å². The van der Waals surface area contributed by atoms with Crippen LogP contribution in [-0.4, -0.2) is 105 Å². The van der Waals surface area contributed by atoms with Gasteiger partial charge in [0.25, 0.3) is 11.8 Å². The molecule has 4 heterocycles. The number of amides is 2. The number of methoxy groups -OCH3 is 2. The third-order valence-corrected chi connectivity index (χ3v) is 17.7. The lowest BCUT2D eigenvalue weighted by atomic mass is 9.86. The molecule has 4 aromatic heterocycles. The summed E-state index contributed by atoms with van der Waals surface area (Å²) in [5.74, 6) is -0.330. The van der Waals surface area contributed by atoms with Gasteiger partial charge in [-0.05, 0) is 134 Å². The zero-order valence-electron chi connectivity index (χ0n) is 53.6. The molecular weight excluding hydrogens is 1170 g/mol. The van der Waals surface area contributed by atoms with Gasteiger partial charge in [0.2, 0.25) is 20.0 Å². The molecule has 2 aliphatic rings. The maximum absolute atomic E-state index is 13.6. The van der Waals surface area contributed by atoms with Crippen LogP contribution in [0, 0.1) is 20.8 Å². The number of nitrogens with zero attached hydrogens (tertiary/aromatic N) is 10. The van der Waals surface area contributed by atoms with Gasteiger partial charge in [-0.25, -0.2) is 26.2 Å². The van der Waals surface area contributed by atoms with Crippen molar-refractivity contribution in [3.05, 3.63) is 130 Å². The number of ether oxygens (including phenoxy) is 2. The number of carbonyl (C=O) groups excluding carboxylic acids is 2. The number of nitrogens with one attached hydrogen (secondary N) is 4. The number of aryl methyl sites for hydroxylation is 2. The van der Waals surface area contributed by atoms with E-state index in [0.29, 0.717) is 51.7 Å². The van der Waals surface area contributed by atoms with Crippen molar-refractivity contribution in [2.75, 3.05) is 46.8 Å². The fraction of sp³-hybridized carbons (Fsp3) is 0.446. The minimum Gasteiger partial charge on any atom is -0.492 e. The van der Waals surface area contributed by atoms with E-state index >= 15 is 0 Å². The number of hydrogen-bond acceptors (Lipinski definition) is 14. The number of benzene rings is 4. The molecule has 0 bridgehead atoms. The second-order valence-corrected chi connectivity index (χ2v) is 28.9. The first-order valence-electron chi connectivity index (χ1n) is 30.2. The van der Waals surface area contributed by atoms with Crippen molar-refractivity contribution in [2.24, 2.45) is 0 Å². The molecule has 0 atom stereocenters. The summed E-state index contributed by atoms with van der Waals surface area (Å²) in [6.07, 6.45) is 22.6. The van der Waals surface area contributed by atoms with Gasteiger partial charge < -0.3 is 20.1 Å². The molecule has 0 spiro atoms. The van der Waals surface area contributed by atoms with Gasteiger partial charge in [0.05, 0.1) is 97.7 Å². The third-order valence-electron chi connectivity index (χ3n) is 16.5. The van der Waals surface area contributed by atoms with E-state index in [-0.39, 0.29) is 45.5 Å². The quantitative estimate of drug-likeness (QED) is 0.0661. The summed E-state index contributed by atoms with van der Waals surface area (Å²) < 4.78 is 72.3. The van der Waals surface area contributed by atoms with Gasteiger partial charge in [-0.1, -0.05) is 110 Å².